The highest BCUT2D eigenvalue weighted by molar-refractivity contribution is 6.31. The Morgan fingerprint density at radius 2 is 1.97 bits per heavy atom. The van der Waals surface area contributed by atoms with Gasteiger partial charge in [0.1, 0.15) is 24.5 Å². The van der Waals surface area contributed by atoms with Gasteiger partial charge in [-0.25, -0.2) is 9.97 Å². The zero-order valence-electron chi connectivity index (χ0n) is 18.0. The molecule has 1 aliphatic heterocycles. The molecule has 8 heteroatoms. The van der Waals surface area contributed by atoms with Crippen LogP contribution in [0.4, 0.5) is 11.5 Å². The number of anilines is 2. The zero-order valence-corrected chi connectivity index (χ0v) is 18.8. The van der Waals surface area contributed by atoms with Gasteiger partial charge in [0, 0.05) is 54.3 Å². The molecule has 0 unspecified atom stereocenters. The number of aldehydes is 1. The van der Waals surface area contributed by atoms with E-state index in [-0.39, 0.29) is 6.10 Å². The van der Waals surface area contributed by atoms with Crippen molar-refractivity contribution in [2.45, 2.75) is 25.9 Å². The second-order valence-electron chi connectivity index (χ2n) is 7.66. The smallest absolute Gasteiger partial charge is 0.162 e. The Morgan fingerprint density at radius 3 is 2.69 bits per heavy atom. The molecule has 0 radical (unpaired) electrons. The van der Waals surface area contributed by atoms with Crippen molar-refractivity contribution < 1.29 is 14.3 Å². The number of ether oxygens (including phenoxy) is 2. The largest absolute Gasteiger partial charge is 0.493 e. The lowest BCUT2D eigenvalue weighted by Crippen LogP contribution is -2.35. The number of piperidine rings is 1. The minimum Gasteiger partial charge on any atom is -0.493 e. The first-order valence-electron chi connectivity index (χ1n) is 10.5. The summed E-state index contributed by atoms with van der Waals surface area (Å²) in [5.41, 5.74) is 2.63. The van der Waals surface area contributed by atoms with E-state index in [0.29, 0.717) is 17.3 Å². The molecule has 1 N–H and O–H groups in total. The quantitative estimate of drug-likeness (QED) is 0.403. The molecule has 0 aliphatic carbocycles. The molecule has 1 aliphatic rings. The lowest BCUT2D eigenvalue weighted by molar-refractivity contribution is -0.104. The number of likely N-dealkylation sites (tertiary alicyclic amines) is 1. The Morgan fingerprint density at radius 1 is 1.16 bits per heavy atom. The molecular formula is C24H25ClN4O3. The van der Waals surface area contributed by atoms with E-state index >= 15 is 0 Å². The van der Waals surface area contributed by atoms with Gasteiger partial charge in [0.25, 0.3) is 0 Å². The van der Waals surface area contributed by atoms with Crippen molar-refractivity contribution in [1.82, 2.24) is 14.9 Å². The van der Waals surface area contributed by atoms with Crippen LogP contribution in [0.5, 0.6) is 11.5 Å². The molecule has 4 rings (SSSR count). The van der Waals surface area contributed by atoms with E-state index in [4.69, 9.17) is 21.1 Å². The molecule has 0 spiro atoms. The molecule has 0 amide bonds. The molecule has 166 valence electrons. The summed E-state index contributed by atoms with van der Waals surface area (Å²) < 4.78 is 11.9. The summed E-state index contributed by atoms with van der Waals surface area (Å²) in [7, 11) is 1.62. The highest BCUT2D eigenvalue weighted by atomic mass is 35.5. The molecular weight excluding hydrogens is 428 g/mol. The zero-order chi connectivity index (χ0) is 22.5. The molecule has 1 fully saturated rings. The molecule has 2 aromatic carbocycles. The number of carbonyl (C=O) groups excluding carboxylic acids is 1. The highest BCUT2D eigenvalue weighted by Gasteiger charge is 2.21. The van der Waals surface area contributed by atoms with Crippen LogP contribution in [0, 0.1) is 6.92 Å². The van der Waals surface area contributed by atoms with Crippen molar-refractivity contribution >= 4 is 40.3 Å². The van der Waals surface area contributed by atoms with E-state index in [2.05, 4.69) is 20.2 Å². The summed E-state index contributed by atoms with van der Waals surface area (Å²) in [6, 6.07) is 9.54. The van der Waals surface area contributed by atoms with E-state index in [1.54, 1.807) is 7.11 Å². The van der Waals surface area contributed by atoms with Gasteiger partial charge in [-0.1, -0.05) is 11.6 Å². The second-order valence-corrected chi connectivity index (χ2v) is 8.07. The maximum absolute atomic E-state index is 10.5. The van der Waals surface area contributed by atoms with Crippen LogP contribution < -0.4 is 14.8 Å². The fourth-order valence-corrected chi connectivity index (χ4v) is 3.87. The van der Waals surface area contributed by atoms with Gasteiger partial charge in [-0.2, -0.15) is 0 Å². The number of fused-ring (bicyclic) bond motifs is 1. The van der Waals surface area contributed by atoms with Crippen LogP contribution in [0.3, 0.4) is 0 Å². The lowest BCUT2D eigenvalue weighted by atomic mass is 10.1. The average molecular weight is 453 g/mol. The Balaban J connectivity index is 1.59. The fourth-order valence-electron chi connectivity index (χ4n) is 3.75. The number of methoxy groups -OCH3 is 1. The number of rotatable bonds is 7. The molecule has 1 aromatic heterocycles. The van der Waals surface area contributed by atoms with Gasteiger partial charge < -0.3 is 19.7 Å². The summed E-state index contributed by atoms with van der Waals surface area (Å²) in [6.07, 6.45) is 7.42. The highest BCUT2D eigenvalue weighted by Crippen LogP contribution is 2.36. The van der Waals surface area contributed by atoms with E-state index in [1.165, 1.54) is 12.4 Å². The number of hydrogen-bond acceptors (Lipinski definition) is 7. The van der Waals surface area contributed by atoms with Crippen LogP contribution in [-0.4, -0.2) is 47.5 Å². The van der Waals surface area contributed by atoms with E-state index < -0.39 is 0 Å². The van der Waals surface area contributed by atoms with Crippen molar-refractivity contribution in [2.24, 2.45) is 0 Å². The number of nitrogens with one attached hydrogen (secondary N) is 1. The van der Waals surface area contributed by atoms with Gasteiger partial charge >= 0.3 is 0 Å². The Hall–Kier alpha value is -3.32. The minimum absolute atomic E-state index is 0.0576. The molecule has 3 aromatic rings. The third kappa shape index (κ3) is 4.94. The van der Waals surface area contributed by atoms with Crippen LogP contribution in [0.2, 0.25) is 5.02 Å². The van der Waals surface area contributed by atoms with Crippen molar-refractivity contribution in [3.05, 3.63) is 59.5 Å². The van der Waals surface area contributed by atoms with Crippen molar-refractivity contribution in [2.75, 3.05) is 25.5 Å². The number of nitrogens with zero attached hydrogens (tertiary/aromatic N) is 3. The number of carbonyl (C=O) groups is 1. The molecule has 0 saturated carbocycles. The maximum atomic E-state index is 10.5. The van der Waals surface area contributed by atoms with E-state index in [9.17, 15) is 4.79 Å². The standard InChI is InChI=1S/C24H25ClN4O3/c1-16-12-17(4-5-20(16)25)28-24-19-13-23(22(31-2)14-21(19)26-15-27-24)32-18-6-9-29(10-7-18)8-3-11-30/h3-5,8,11-15,18H,6-7,9-10H2,1-2H3,(H,26,27,28). The number of aromatic nitrogens is 2. The van der Waals surface area contributed by atoms with Crippen LogP contribution in [0.1, 0.15) is 18.4 Å². The summed E-state index contributed by atoms with van der Waals surface area (Å²) in [4.78, 5) is 21.5. The van der Waals surface area contributed by atoms with Crippen LogP contribution in [-0.2, 0) is 4.79 Å². The molecule has 2 heterocycles. The van der Waals surface area contributed by atoms with Gasteiger partial charge in [-0.15, -0.1) is 0 Å². The van der Waals surface area contributed by atoms with E-state index in [1.807, 2.05) is 43.5 Å². The first-order chi connectivity index (χ1) is 15.6. The third-order valence-corrected chi connectivity index (χ3v) is 5.91. The van der Waals surface area contributed by atoms with E-state index in [0.717, 1.165) is 59.4 Å². The topological polar surface area (TPSA) is 76.6 Å². The van der Waals surface area contributed by atoms with Gasteiger partial charge in [-0.3, -0.25) is 4.79 Å². The number of halogens is 1. The van der Waals surface area contributed by atoms with Crippen LogP contribution >= 0.6 is 11.6 Å². The van der Waals surface area contributed by atoms with Gasteiger partial charge in [0.15, 0.2) is 11.5 Å². The number of benzene rings is 2. The Labute approximate surface area is 192 Å². The average Bonchev–Trinajstić information content (AvgIpc) is 2.81. The monoisotopic (exact) mass is 452 g/mol. The van der Waals surface area contributed by atoms with Crippen molar-refractivity contribution in [3.63, 3.8) is 0 Å². The first-order valence-corrected chi connectivity index (χ1v) is 10.8. The third-order valence-electron chi connectivity index (χ3n) is 5.49. The normalized spacial score (nSPS) is 14.7. The lowest BCUT2D eigenvalue weighted by Gasteiger charge is -2.31. The molecule has 7 nitrogen and oxygen atoms in total. The number of aryl methyl sites for hydroxylation is 1. The predicted octanol–water partition coefficient (Wildman–Crippen LogP) is 4.90. The second kappa shape index (κ2) is 9.87. The molecule has 1 saturated heterocycles. The summed E-state index contributed by atoms with van der Waals surface area (Å²) in [5, 5.41) is 4.91. The SMILES string of the molecule is COc1cc2ncnc(Nc3ccc(Cl)c(C)c3)c2cc1OC1CCN(C=CC=O)CC1. The molecule has 0 atom stereocenters. The number of hydrogen-bond donors (Lipinski definition) is 1. The predicted molar refractivity (Wildman–Crippen MR) is 126 cm³/mol. The maximum Gasteiger partial charge on any atom is 0.162 e. The summed E-state index contributed by atoms with van der Waals surface area (Å²) >= 11 is 6.15. The fraction of sp³-hybridized carbons (Fsp3) is 0.292. The van der Waals surface area contributed by atoms with Crippen LogP contribution in [0.25, 0.3) is 10.9 Å². The Kier molecular flexibility index (Phi) is 6.75. The minimum atomic E-state index is 0.0576. The van der Waals surface area contributed by atoms with Gasteiger partial charge in [-0.05, 0) is 42.8 Å². The van der Waals surface area contributed by atoms with Crippen molar-refractivity contribution in [1.29, 1.82) is 0 Å². The van der Waals surface area contributed by atoms with Gasteiger partial charge in [0.2, 0.25) is 0 Å². The Bertz CT molecular complexity index is 1140. The summed E-state index contributed by atoms with van der Waals surface area (Å²) in [5.74, 6) is 1.97. The first kappa shape index (κ1) is 21.9. The van der Waals surface area contributed by atoms with Crippen molar-refractivity contribution in [3.8, 4) is 11.5 Å². The number of allylic oxidation sites excluding steroid dienone is 1. The van der Waals surface area contributed by atoms with Gasteiger partial charge in [0.05, 0.1) is 12.6 Å². The molecule has 32 heavy (non-hydrogen) atoms. The van der Waals surface area contributed by atoms with Crippen LogP contribution in [0.15, 0.2) is 48.9 Å². The molecule has 0 bridgehead atoms. The summed E-state index contributed by atoms with van der Waals surface area (Å²) in [6.45, 7) is 3.62.